The van der Waals surface area contributed by atoms with Crippen molar-refractivity contribution in [2.45, 2.75) is 46.1 Å². The highest BCUT2D eigenvalue weighted by atomic mass is 16.5. The molecule has 18 heavy (non-hydrogen) atoms. The van der Waals surface area contributed by atoms with Crippen molar-refractivity contribution in [3.05, 3.63) is 11.6 Å². The minimum Gasteiger partial charge on any atom is -0.478 e. The zero-order chi connectivity index (χ0) is 13.1. The molecule has 3 aliphatic rings. The Morgan fingerprint density at radius 3 is 2.72 bits per heavy atom. The van der Waals surface area contributed by atoms with Crippen molar-refractivity contribution in [2.75, 3.05) is 6.61 Å². The Morgan fingerprint density at radius 1 is 1.39 bits per heavy atom. The van der Waals surface area contributed by atoms with Gasteiger partial charge in [-0.25, -0.2) is 4.79 Å². The van der Waals surface area contributed by atoms with Crippen molar-refractivity contribution in [2.24, 2.45) is 22.7 Å². The molecule has 3 rings (SSSR count). The minimum absolute atomic E-state index is 0.0449. The number of hydrogen-bond acceptors (Lipinski definition) is 2. The van der Waals surface area contributed by atoms with E-state index in [4.69, 9.17) is 9.84 Å². The third-order valence-corrected chi connectivity index (χ3v) is 5.50. The Kier molecular flexibility index (Phi) is 2.44. The fourth-order valence-corrected chi connectivity index (χ4v) is 4.91. The summed E-state index contributed by atoms with van der Waals surface area (Å²) in [6.45, 7) is 7.46. The third kappa shape index (κ3) is 1.49. The average Bonchev–Trinajstić information content (AvgIpc) is 2.77. The van der Waals surface area contributed by atoms with Crippen molar-refractivity contribution >= 4 is 5.97 Å². The van der Waals surface area contributed by atoms with E-state index >= 15 is 0 Å². The zero-order valence-electron chi connectivity index (χ0n) is 11.4. The lowest BCUT2D eigenvalue weighted by molar-refractivity contribution is -0.131. The van der Waals surface area contributed by atoms with Crippen molar-refractivity contribution in [3.63, 3.8) is 0 Å². The Labute approximate surface area is 108 Å². The van der Waals surface area contributed by atoms with Gasteiger partial charge in [-0.1, -0.05) is 20.3 Å². The third-order valence-electron chi connectivity index (χ3n) is 5.50. The number of carboxylic acids is 1. The normalized spacial score (nSPS) is 45.3. The van der Waals surface area contributed by atoms with Gasteiger partial charge >= 0.3 is 5.97 Å². The molecule has 0 aromatic heterocycles. The van der Waals surface area contributed by atoms with Gasteiger partial charge in [0.25, 0.3) is 0 Å². The van der Waals surface area contributed by atoms with E-state index < -0.39 is 5.97 Å². The Balaban J connectivity index is 1.85. The molecule has 100 valence electrons. The van der Waals surface area contributed by atoms with Gasteiger partial charge in [0.2, 0.25) is 0 Å². The van der Waals surface area contributed by atoms with E-state index in [1.165, 1.54) is 25.3 Å². The molecule has 1 saturated heterocycles. The molecular weight excluding hydrogens is 228 g/mol. The van der Waals surface area contributed by atoms with Gasteiger partial charge in [-0.15, -0.1) is 0 Å². The molecule has 1 aliphatic heterocycles. The van der Waals surface area contributed by atoms with Crippen molar-refractivity contribution in [1.82, 2.24) is 0 Å². The summed E-state index contributed by atoms with van der Waals surface area (Å²) in [5, 5.41) is 8.87. The second kappa shape index (κ2) is 3.60. The molecule has 1 spiro atoms. The summed E-state index contributed by atoms with van der Waals surface area (Å²) in [6, 6.07) is 0. The number of ether oxygens (including phenoxy) is 1. The van der Waals surface area contributed by atoms with Crippen molar-refractivity contribution < 1.29 is 14.6 Å². The SMILES string of the molecule is C/C(=C\C(=O)O)[C@@H]1OC[C@@]23CCCC(C)(C)[C@H]2[C@H]13. The lowest BCUT2D eigenvalue weighted by Crippen LogP contribution is -2.29. The smallest absolute Gasteiger partial charge is 0.328 e. The van der Waals surface area contributed by atoms with Crippen molar-refractivity contribution in [1.29, 1.82) is 0 Å². The van der Waals surface area contributed by atoms with Crippen LogP contribution in [0, 0.1) is 22.7 Å². The molecule has 3 fully saturated rings. The Morgan fingerprint density at radius 2 is 2.11 bits per heavy atom. The van der Waals surface area contributed by atoms with E-state index in [1.54, 1.807) is 0 Å². The summed E-state index contributed by atoms with van der Waals surface area (Å²) in [5.41, 5.74) is 1.66. The molecule has 3 nitrogen and oxygen atoms in total. The van der Waals surface area contributed by atoms with E-state index in [0.717, 1.165) is 18.1 Å². The molecule has 0 unspecified atom stereocenters. The van der Waals surface area contributed by atoms with Crippen LogP contribution in [-0.4, -0.2) is 23.8 Å². The summed E-state index contributed by atoms with van der Waals surface area (Å²) in [6.07, 6.45) is 5.22. The number of carboxylic acid groups (broad SMARTS) is 1. The van der Waals surface area contributed by atoms with E-state index in [-0.39, 0.29) is 6.10 Å². The van der Waals surface area contributed by atoms with Crippen LogP contribution in [0.3, 0.4) is 0 Å². The second-order valence-corrected chi connectivity index (χ2v) is 7.04. The van der Waals surface area contributed by atoms with E-state index in [1.807, 2.05) is 6.92 Å². The van der Waals surface area contributed by atoms with Crippen LogP contribution in [0.1, 0.15) is 40.0 Å². The van der Waals surface area contributed by atoms with E-state index in [2.05, 4.69) is 13.8 Å². The monoisotopic (exact) mass is 250 g/mol. The van der Waals surface area contributed by atoms with Crippen LogP contribution in [0.2, 0.25) is 0 Å². The van der Waals surface area contributed by atoms with Gasteiger partial charge in [0.15, 0.2) is 0 Å². The van der Waals surface area contributed by atoms with Crippen molar-refractivity contribution in [3.8, 4) is 0 Å². The van der Waals surface area contributed by atoms with Crippen LogP contribution in [0.25, 0.3) is 0 Å². The molecule has 2 saturated carbocycles. The lowest BCUT2D eigenvalue weighted by atomic mass is 9.72. The number of aliphatic carboxylic acids is 1. The Hall–Kier alpha value is -0.830. The maximum atomic E-state index is 10.8. The standard InChI is InChI=1S/C15H22O3/c1-9(7-10(16)17)12-11-13-14(2,3)5-4-6-15(11,13)8-18-12/h7,11-13H,4-6,8H2,1-3H3,(H,16,17)/b9-7+/t11-,12-,13+,15+/m0/s1. The van der Waals surface area contributed by atoms with Crippen LogP contribution < -0.4 is 0 Å². The van der Waals surface area contributed by atoms with Crippen LogP contribution in [0.4, 0.5) is 0 Å². The summed E-state index contributed by atoms with van der Waals surface area (Å²) in [7, 11) is 0. The molecular formula is C15H22O3. The zero-order valence-corrected chi connectivity index (χ0v) is 11.4. The van der Waals surface area contributed by atoms with Gasteiger partial charge in [0.1, 0.15) is 0 Å². The van der Waals surface area contributed by atoms with E-state index in [0.29, 0.717) is 16.7 Å². The highest BCUT2D eigenvalue weighted by molar-refractivity contribution is 5.80. The number of fused-ring (bicyclic) bond motifs is 1. The fourth-order valence-electron chi connectivity index (χ4n) is 4.91. The summed E-state index contributed by atoms with van der Waals surface area (Å²) in [4.78, 5) is 10.8. The van der Waals surface area contributed by atoms with Crippen LogP contribution in [-0.2, 0) is 9.53 Å². The average molecular weight is 250 g/mol. The number of carbonyl (C=O) groups is 1. The molecule has 3 heteroatoms. The summed E-state index contributed by atoms with van der Waals surface area (Å²) < 4.78 is 5.90. The first kappa shape index (κ1) is 12.2. The first-order chi connectivity index (χ1) is 8.38. The minimum atomic E-state index is -0.861. The molecule has 1 N–H and O–H groups in total. The predicted molar refractivity (Wildman–Crippen MR) is 68.2 cm³/mol. The lowest BCUT2D eigenvalue weighted by Gasteiger charge is -2.35. The molecule has 0 radical (unpaired) electrons. The van der Waals surface area contributed by atoms with Gasteiger partial charge in [0.05, 0.1) is 12.7 Å². The highest BCUT2D eigenvalue weighted by Crippen LogP contribution is 2.76. The molecule has 0 aromatic carbocycles. The Bertz CT molecular complexity index is 423. The molecule has 4 atom stereocenters. The van der Waals surface area contributed by atoms with Gasteiger partial charge in [-0.3, -0.25) is 0 Å². The highest BCUT2D eigenvalue weighted by Gasteiger charge is 2.75. The number of rotatable bonds is 2. The molecule has 1 heterocycles. The maximum absolute atomic E-state index is 10.8. The van der Waals surface area contributed by atoms with Gasteiger partial charge < -0.3 is 9.84 Å². The first-order valence-corrected chi connectivity index (χ1v) is 6.91. The number of hydrogen-bond donors (Lipinski definition) is 1. The van der Waals surface area contributed by atoms with E-state index in [9.17, 15) is 4.79 Å². The molecule has 0 bridgehead atoms. The van der Waals surface area contributed by atoms with Crippen LogP contribution in [0.15, 0.2) is 11.6 Å². The van der Waals surface area contributed by atoms with Gasteiger partial charge in [-0.2, -0.15) is 0 Å². The largest absolute Gasteiger partial charge is 0.478 e. The molecule has 0 amide bonds. The topological polar surface area (TPSA) is 46.5 Å². The van der Waals surface area contributed by atoms with Crippen LogP contribution in [0.5, 0.6) is 0 Å². The van der Waals surface area contributed by atoms with Gasteiger partial charge in [0, 0.05) is 17.4 Å². The summed E-state index contributed by atoms with van der Waals surface area (Å²) in [5.74, 6) is 0.431. The summed E-state index contributed by atoms with van der Waals surface area (Å²) >= 11 is 0. The van der Waals surface area contributed by atoms with Crippen LogP contribution >= 0.6 is 0 Å². The van der Waals surface area contributed by atoms with Gasteiger partial charge in [-0.05, 0) is 36.7 Å². The fraction of sp³-hybridized carbons (Fsp3) is 0.800. The predicted octanol–water partition coefficient (Wildman–Crippen LogP) is 2.86. The maximum Gasteiger partial charge on any atom is 0.328 e. The second-order valence-electron chi connectivity index (χ2n) is 7.04. The quantitative estimate of drug-likeness (QED) is 0.766. The molecule has 2 aliphatic carbocycles. The first-order valence-electron chi connectivity index (χ1n) is 6.91. The molecule has 0 aromatic rings.